The van der Waals surface area contributed by atoms with Crippen LogP contribution in [0.2, 0.25) is 0 Å². The maximum Gasteiger partial charge on any atom is 0.142 e. The molecule has 1 fully saturated rings. The second kappa shape index (κ2) is 4.66. The summed E-state index contributed by atoms with van der Waals surface area (Å²) in [5, 5.41) is 2.81. The Hall–Kier alpha value is -0.740. The Kier molecular flexibility index (Phi) is 3.26. The Balaban J connectivity index is 1.78. The molecule has 1 unspecified atom stereocenters. The number of rotatable bonds is 4. The van der Waals surface area contributed by atoms with Gasteiger partial charge in [-0.05, 0) is 12.8 Å². The average molecular weight is 211 g/mol. The van der Waals surface area contributed by atoms with Crippen LogP contribution in [0.25, 0.3) is 0 Å². The fourth-order valence-electron chi connectivity index (χ4n) is 1.64. The highest BCUT2D eigenvalue weighted by atomic mass is 32.1. The van der Waals surface area contributed by atoms with Crippen molar-refractivity contribution in [1.82, 2.24) is 4.98 Å². The van der Waals surface area contributed by atoms with Crippen molar-refractivity contribution in [1.29, 1.82) is 0 Å². The fraction of sp³-hybridized carbons (Fsp3) is 0.600. The summed E-state index contributed by atoms with van der Waals surface area (Å²) in [6.07, 6.45) is 5.05. The minimum atomic E-state index is 0.169. The zero-order valence-electron chi connectivity index (χ0n) is 7.94. The molecule has 0 amide bonds. The molecule has 0 N–H and O–H groups in total. The SMILES string of the molecule is O=C(Cc1nccs1)CC1CCCO1. The predicted octanol–water partition coefficient (Wildman–Crippen LogP) is 1.82. The summed E-state index contributed by atoms with van der Waals surface area (Å²) in [5.41, 5.74) is 0. The maximum atomic E-state index is 11.6. The molecule has 1 aromatic rings. The van der Waals surface area contributed by atoms with Gasteiger partial charge in [0.25, 0.3) is 0 Å². The Morgan fingerprint density at radius 3 is 3.29 bits per heavy atom. The number of hydrogen-bond acceptors (Lipinski definition) is 4. The normalized spacial score (nSPS) is 21.3. The first-order chi connectivity index (χ1) is 6.84. The number of ether oxygens (including phenoxy) is 1. The van der Waals surface area contributed by atoms with Gasteiger partial charge in [-0.25, -0.2) is 4.98 Å². The molecular formula is C10H13NO2S. The smallest absolute Gasteiger partial charge is 0.142 e. The zero-order chi connectivity index (χ0) is 9.80. The van der Waals surface area contributed by atoms with Gasteiger partial charge in [-0.1, -0.05) is 0 Å². The Labute approximate surface area is 87.1 Å². The molecular weight excluding hydrogens is 198 g/mol. The van der Waals surface area contributed by atoms with Gasteiger partial charge in [0.05, 0.1) is 17.5 Å². The number of thiazole rings is 1. The van der Waals surface area contributed by atoms with E-state index in [1.165, 1.54) is 11.3 Å². The third-order valence-electron chi connectivity index (χ3n) is 2.31. The number of carbonyl (C=O) groups is 1. The highest BCUT2D eigenvalue weighted by Crippen LogP contribution is 2.17. The van der Waals surface area contributed by atoms with Crippen LogP contribution < -0.4 is 0 Å². The van der Waals surface area contributed by atoms with Crippen LogP contribution in [0.4, 0.5) is 0 Å². The topological polar surface area (TPSA) is 39.2 Å². The largest absolute Gasteiger partial charge is 0.378 e. The number of aromatic nitrogens is 1. The van der Waals surface area contributed by atoms with E-state index in [2.05, 4.69) is 4.98 Å². The van der Waals surface area contributed by atoms with Crippen LogP contribution in [0.3, 0.4) is 0 Å². The molecule has 2 rings (SSSR count). The minimum Gasteiger partial charge on any atom is -0.378 e. The molecule has 4 heteroatoms. The van der Waals surface area contributed by atoms with Gasteiger partial charge in [-0.2, -0.15) is 0 Å². The quantitative estimate of drug-likeness (QED) is 0.762. The monoisotopic (exact) mass is 211 g/mol. The van der Waals surface area contributed by atoms with Crippen LogP contribution in [0.15, 0.2) is 11.6 Å². The van der Waals surface area contributed by atoms with Crippen molar-refractivity contribution in [3.05, 3.63) is 16.6 Å². The molecule has 3 nitrogen and oxygen atoms in total. The second-order valence-corrected chi connectivity index (χ2v) is 4.46. The van der Waals surface area contributed by atoms with Crippen molar-refractivity contribution < 1.29 is 9.53 Å². The van der Waals surface area contributed by atoms with Crippen LogP contribution in [-0.2, 0) is 16.0 Å². The van der Waals surface area contributed by atoms with Gasteiger partial charge >= 0.3 is 0 Å². The first kappa shape index (κ1) is 9.80. The summed E-state index contributed by atoms with van der Waals surface area (Å²) < 4.78 is 5.40. The number of ketones is 1. The lowest BCUT2D eigenvalue weighted by atomic mass is 10.1. The fourth-order valence-corrected chi connectivity index (χ4v) is 2.29. The molecule has 0 aliphatic carbocycles. The lowest BCUT2D eigenvalue weighted by Crippen LogP contribution is -2.14. The average Bonchev–Trinajstić information content (AvgIpc) is 2.76. The van der Waals surface area contributed by atoms with E-state index in [1.807, 2.05) is 5.38 Å². The first-order valence-electron chi connectivity index (χ1n) is 4.86. The summed E-state index contributed by atoms with van der Waals surface area (Å²) in [4.78, 5) is 15.6. The molecule has 76 valence electrons. The van der Waals surface area contributed by atoms with Crippen molar-refractivity contribution in [3.63, 3.8) is 0 Å². The molecule has 0 saturated carbocycles. The van der Waals surface area contributed by atoms with Gasteiger partial charge in [-0.15, -0.1) is 11.3 Å². The molecule has 1 saturated heterocycles. The summed E-state index contributed by atoms with van der Waals surface area (Å²) in [5.74, 6) is 0.242. The van der Waals surface area contributed by atoms with Crippen molar-refractivity contribution in [2.45, 2.75) is 31.8 Å². The Bertz CT molecular complexity index is 291. The number of Topliss-reactive ketones (excluding diaryl/α,β-unsaturated/α-hetero) is 1. The minimum absolute atomic E-state index is 0.169. The lowest BCUT2D eigenvalue weighted by molar-refractivity contribution is -0.120. The molecule has 0 bridgehead atoms. The molecule has 1 aromatic heterocycles. The molecule has 0 radical (unpaired) electrons. The molecule has 0 spiro atoms. The molecule has 0 aromatic carbocycles. The summed E-state index contributed by atoms with van der Waals surface area (Å²) >= 11 is 1.54. The van der Waals surface area contributed by atoms with Crippen LogP contribution in [0, 0.1) is 0 Å². The summed E-state index contributed by atoms with van der Waals surface area (Å²) in [7, 11) is 0. The van der Waals surface area contributed by atoms with E-state index in [9.17, 15) is 4.79 Å². The number of hydrogen-bond donors (Lipinski definition) is 0. The Morgan fingerprint density at radius 1 is 1.71 bits per heavy atom. The van der Waals surface area contributed by atoms with E-state index >= 15 is 0 Å². The van der Waals surface area contributed by atoms with Gasteiger partial charge in [0.15, 0.2) is 0 Å². The van der Waals surface area contributed by atoms with Gasteiger partial charge < -0.3 is 4.74 Å². The van der Waals surface area contributed by atoms with E-state index in [1.54, 1.807) is 6.20 Å². The van der Waals surface area contributed by atoms with Crippen LogP contribution in [0.1, 0.15) is 24.3 Å². The van der Waals surface area contributed by atoms with Gasteiger partial charge in [0.1, 0.15) is 5.78 Å². The summed E-state index contributed by atoms with van der Waals surface area (Å²) in [6, 6.07) is 0. The van der Waals surface area contributed by atoms with E-state index in [0.29, 0.717) is 12.8 Å². The highest BCUT2D eigenvalue weighted by Gasteiger charge is 2.19. The van der Waals surface area contributed by atoms with Crippen LogP contribution in [-0.4, -0.2) is 23.5 Å². The molecule has 1 atom stereocenters. The van der Waals surface area contributed by atoms with E-state index in [4.69, 9.17) is 4.74 Å². The van der Waals surface area contributed by atoms with Gasteiger partial charge in [0.2, 0.25) is 0 Å². The number of carbonyl (C=O) groups excluding carboxylic acids is 1. The molecule has 1 aliphatic rings. The molecule has 2 heterocycles. The first-order valence-corrected chi connectivity index (χ1v) is 5.74. The van der Waals surface area contributed by atoms with Gasteiger partial charge in [0, 0.05) is 24.6 Å². The van der Waals surface area contributed by atoms with Crippen LogP contribution >= 0.6 is 11.3 Å². The third-order valence-corrected chi connectivity index (χ3v) is 3.09. The van der Waals surface area contributed by atoms with E-state index in [-0.39, 0.29) is 11.9 Å². The van der Waals surface area contributed by atoms with Gasteiger partial charge in [-0.3, -0.25) is 4.79 Å². The maximum absolute atomic E-state index is 11.6. The third kappa shape index (κ3) is 2.62. The summed E-state index contributed by atoms with van der Waals surface area (Å²) in [6.45, 7) is 0.815. The predicted molar refractivity (Wildman–Crippen MR) is 54.4 cm³/mol. The van der Waals surface area contributed by atoms with Crippen LogP contribution in [0.5, 0.6) is 0 Å². The van der Waals surface area contributed by atoms with E-state index in [0.717, 1.165) is 24.5 Å². The van der Waals surface area contributed by atoms with Crippen molar-refractivity contribution in [2.75, 3.05) is 6.61 Å². The van der Waals surface area contributed by atoms with Crippen molar-refractivity contribution in [2.24, 2.45) is 0 Å². The zero-order valence-corrected chi connectivity index (χ0v) is 8.76. The van der Waals surface area contributed by atoms with Crippen molar-refractivity contribution >= 4 is 17.1 Å². The number of nitrogens with zero attached hydrogens (tertiary/aromatic N) is 1. The Morgan fingerprint density at radius 2 is 2.64 bits per heavy atom. The lowest BCUT2D eigenvalue weighted by Gasteiger charge is -2.06. The second-order valence-electron chi connectivity index (χ2n) is 3.48. The standard InChI is InChI=1S/C10H13NO2S/c12-8(6-9-2-1-4-13-9)7-10-11-3-5-14-10/h3,5,9H,1-2,4,6-7H2. The molecule has 14 heavy (non-hydrogen) atoms. The molecule has 1 aliphatic heterocycles. The highest BCUT2D eigenvalue weighted by molar-refractivity contribution is 7.09. The van der Waals surface area contributed by atoms with E-state index < -0.39 is 0 Å². The van der Waals surface area contributed by atoms with Crippen molar-refractivity contribution in [3.8, 4) is 0 Å².